The Morgan fingerprint density at radius 2 is 2.05 bits per heavy atom. The van der Waals surface area contributed by atoms with E-state index in [1.807, 2.05) is 4.90 Å². The molecule has 19 heavy (non-hydrogen) atoms. The Morgan fingerprint density at radius 1 is 1.26 bits per heavy atom. The molecule has 0 bridgehead atoms. The standard InChI is InChI=1S/C12H21NO5S/c14-11(15)12(3-1-6-18-10-12)9-13-4-2-7-19(16,17)8-5-13/h1-10H2,(H,14,15). The van der Waals surface area contributed by atoms with Crippen molar-refractivity contribution >= 4 is 15.8 Å². The van der Waals surface area contributed by atoms with Crippen LogP contribution in [0.25, 0.3) is 0 Å². The van der Waals surface area contributed by atoms with Crippen LogP contribution in [0.1, 0.15) is 19.3 Å². The van der Waals surface area contributed by atoms with Crippen molar-refractivity contribution in [2.45, 2.75) is 19.3 Å². The predicted octanol–water partition coefficient (Wildman–Crippen LogP) is -0.0117. The van der Waals surface area contributed by atoms with Crippen molar-refractivity contribution in [2.75, 3.05) is 44.4 Å². The second kappa shape index (κ2) is 5.76. The number of aliphatic carboxylic acids is 1. The number of nitrogens with zero attached hydrogens (tertiary/aromatic N) is 1. The molecule has 1 N–H and O–H groups in total. The lowest BCUT2D eigenvalue weighted by Crippen LogP contribution is -2.49. The maximum atomic E-state index is 11.6. The van der Waals surface area contributed by atoms with Crippen molar-refractivity contribution in [1.82, 2.24) is 4.90 Å². The van der Waals surface area contributed by atoms with Crippen molar-refractivity contribution < 1.29 is 23.1 Å². The summed E-state index contributed by atoms with van der Waals surface area (Å²) in [6.45, 7) is 2.30. The van der Waals surface area contributed by atoms with Crippen LogP contribution in [0.2, 0.25) is 0 Å². The number of ether oxygens (including phenoxy) is 1. The average Bonchev–Trinajstić information content (AvgIpc) is 2.52. The zero-order valence-corrected chi connectivity index (χ0v) is 11.8. The molecule has 2 aliphatic rings. The maximum absolute atomic E-state index is 11.6. The van der Waals surface area contributed by atoms with Crippen molar-refractivity contribution in [3.05, 3.63) is 0 Å². The Labute approximate surface area is 113 Å². The summed E-state index contributed by atoms with van der Waals surface area (Å²) in [6.07, 6.45) is 1.93. The van der Waals surface area contributed by atoms with Crippen LogP contribution in [0.4, 0.5) is 0 Å². The van der Waals surface area contributed by atoms with E-state index < -0.39 is 21.2 Å². The van der Waals surface area contributed by atoms with Crippen LogP contribution in [0.5, 0.6) is 0 Å². The summed E-state index contributed by atoms with van der Waals surface area (Å²) in [5.41, 5.74) is -0.869. The number of sulfone groups is 1. The molecule has 110 valence electrons. The average molecular weight is 291 g/mol. The lowest BCUT2D eigenvalue weighted by molar-refractivity contribution is -0.159. The first-order chi connectivity index (χ1) is 8.94. The molecule has 0 saturated carbocycles. The van der Waals surface area contributed by atoms with Gasteiger partial charge in [-0.3, -0.25) is 4.79 Å². The molecule has 1 atom stereocenters. The topological polar surface area (TPSA) is 83.9 Å². The van der Waals surface area contributed by atoms with E-state index in [2.05, 4.69) is 0 Å². The molecule has 6 nitrogen and oxygen atoms in total. The van der Waals surface area contributed by atoms with Crippen molar-refractivity contribution in [2.24, 2.45) is 5.41 Å². The Balaban J connectivity index is 2.03. The Morgan fingerprint density at radius 3 is 2.68 bits per heavy atom. The van der Waals surface area contributed by atoms with E-state index in [1.165, 1.54) is 0 Å². The Kier molecular flexibility index (Phi) is 4.47. The minimum atomic E-state index is -2.95. The van der Waals surface area contributed by atoms with E-state index in [0.29, 0.717) is 39.1 Å². The van der Waals surface area contributed by atoms with Gasteiger partial charge in [-0.2, -0.15) is 0 Å². The molecule has 2 rings (SSSR count). The molecule has 2 fully saturated rings. The largest absolute Gasteiger partial charge is 0.481 e. The van der Waals surface area contributed by atoms with Crippen LogP contribution >= 0.6 is 0 Å². The van der Waals surface area contributed by atoms with Crippen molar-refractivity contribution in [3.8, 4) is 0 Å². The molecule has 1 unspecified atom stereocenters. The van der Waals surface area contributed by atoms with E-state index in [-0.39, 0.29) is 18.1 Å². The Bertz CT molecular complexity index is 427. The summed E-state index contributed by atoms with van der Waals surface area (Å²) in [4.78, 5) is 13.5. The minimum absolute atomic E-state index is 0.129. The van der Waals surface area contributed by atoms with Gasteiger partial charge in [0.15, 0.2) is 9.84 Å². The molecule has 2 saturated heterocycles. The first-order valence-corrected chi connectivity index (χ1v) is 8.50. The van der Waals surface area contributed by atoms with Gasteiger partial charge in [-0.15, -0.1) is 0 Å². The minimum Gasteiger partial charge on any atom is -0.481 e. The van der Waals surface area contributed by atoms with Gasteiger partial charge in [0, 0.05) is 19.7 Å². The lowest BCUT2D eigenvalue weighted by atomic mass is 9.82. The van der Waals surface area contributed by atoms with Gasteiger partial charge in [-0.1, -0.05) is 0 Å². The molecule has 0 aliphatic carbocycles. The van der Waals surface area contributed by atoms with Crippen LogP contribution in [0, 0.1) is 5.41 Å². The third-order valence-electron chi connectivity index (χ3n) is 3.95. The zero-order valence-electron chi connectivity index (χ0n) is 11.0. The molecule has 2 aliphatic heterocycles. The molecule has 0 aromatic rings. The van der Waals surface area contributed by atoms with Crippen molar-refractivity contribution in [3.63, 3.8) is 0 Å². The lowest BCUT2D eigenvalue weighted by Gasteiger charge is -2.37. The fourth-order valence-electron chi connectivity index (χ4n) is 2.79. The van der Waals surface area contributed by atoms with Gasteiger partial charge in [0.25, 0.3) is 0 Å². The highest BCUT2D eigenvalue weighted by Gasteiger charge is 2.42. The van der Waals surface area contributed by atoms with Gasteiger partial charge in [0.05, 0.1) is 18.1 Å². The Hall–Kier alpha value is -0.660. The quantitative estimate of drug-likeness (QED) is 0.787. The van der Waals surface area contributed by atoms with Crippen LogP contribution in [-0.2, 0) is 19.4 Å². The first-order valence-electron chi connectivity index (χ1n) is 6.68. The molecular formula is C12H21NO5S. The summed E-state index contributed by atoms with van der Waals surface area (Å²) in [5.74, 6) is -0.497. The summed E-state index contributed by atoms with van der Waals surface area (Å²) < 4.78 is 28.4. The van der Waals surface area contributed by atoms with Crippen molar-refractivity contribution in [1.29, 1.82) is 0 Å². The van der Waals surface area contributed by atoms with E-state index in [4.69, 9.17) is 4.74 Å². The molecule has 0 spiro atoms. The van der Waals surface area contributed by atoms with E-state index in [1.54, 1.807) is 0 Å². The molecule has 7 heteroatoms. The van der Waals surface area contributed by atoms with Gasteiger partial charge < -0.3 is 14.7 Å². The highest BCUT2D eigenvalue weighted by molar-refractivity contribution is 7.91. The molecule has 0 radical (unpaired) electrons. The van der Waals surface area contributed by atoms with Gasteiger partial charge >= 0.3 is 5.97 Å². The third-order valence-corrected chi connectivity index (χ3v) is 5.67. The monoisotopic (exact) mass is 291 g/mol. The number of carboxylic acid groups (broad SMARTS) is 1. The highest BCUT2D eigenvalue weighted by Crippen LogP contribution is 2.30. The van der Waals surface area contributed by atoms with E-state index in [0.717, 1.165) is 6.42 Å². The molecule has 0 aromatic heterocycles. The fraction of sp³-hybridized carbons (Fsp3) is 0.917. The zero-order chi connectivity index (χ0) is 13.9. The SMILES string of the molecule is O=C(O)C1(CN2CCCS(=O)(=O)CC2)CCCOC1. The molecule has 0 amide bonds. The smallest absolute Gasteiger partial charge is 0.313 e. The van der Waals surface area contributed by atoms with E-state index in [9.17, 15) is 18.3 Å². The van der Waals surface area contributed by atoms with Crippen LogP contribution in [0.3, 0.4) is 0 Å². The number of carboxylic acids is 1. The number of hydrogen-bond donors (Lipinski definition) is 1. The summed E-state index contributed by atoms with van der Waals surface area (Å²) in [6, 6.07) is 0. The molecule has 0 aromatic carbocycles. The summed E-state index contributed by atoms with van der Waals surface area (Å²) in [7, 11) is -2.95. The highest BCUT2D eigenvalue weighted by atomic mass is 32.2. The summed E-state index contributed by atoms with van der Waals surface area (Å²) in [5, 5.41) is 9.47. The number of carbonyl (C=O) groups is 1. The second-order valence-corrected chi connectivity index (χ2v) is 7.83. The predicted molar refractivity (Wildman–Crippen MR) is 69.8 cm³/mol. The second-order valence-electron chi connectivity index (χ2n) is 5.52. The van der Waals surface area contributed by atoms with E-state index >= 15 is 0 Å². The van der Waals surface area contributed by atoms with Crippen LogP contribution in [0.15, 0.2) is 0 Å². The molecular weight excluding hydrogens is 270 g/mol. The van der Waals surface area contributed by atoms with Crippen LogP contribution < -0.4 is 0 Å². The van der Waals surface area contributed by atoms with Gasteiger partial charge in [-0.25, -0.2) is 8.42 Å². The van der Waals surface area contributed by atoms with Gasteiger partial charge in [-0.05, 0) is 25.8 Å². The number of rotatable bonds is 3. The third kappa shape index (κ3) is 3.67. The van der Waals surface area contributed by atoms with Gasteiger partial charge in [0.1, 0.15) is 5.41 Å². The molecule has 2 heterocycles. The van der Waals surface area contributed by atoms with Gasteiger partial charge in [0.2, 0.25) is 0 Å². The normalized spacial score (nSPS) is 32.6. The fourth-order valence-corrected chi connectivity index (χ4v) is 4.10. The number of hydrogen-bond acceptors (Lipinski definition) is 5. The first kappa shape index (κ1) is 14.7. The maximum Gasteiger partial charge on any atom is 0.313 e. The van der Waals surface area contributed by atoms with Crippen LogP contribution in [-0.4, -0.2) is 68.7 Å². The summed E-state index contributed by atoms with van der Waals surface area (Å²) >= 11 is 0.